The van der Waals surface area contributed by atoms with Crippen molar-refractivity contribution in [3.05, 3.63) is 47.0 Å². The summed E-state index contributed by atoms with van der Waals surface area (Å²) >= 11 is 6.03. The molecule has 0 bridgehead atoms. The number of nitrogens with one attached hydrogen (secondary N) is 2. The molecule has 1 atom stereocenters. The number of oxazole rings is 1. The second-order valence-corrected chi connectivity index (χ2v) is 11.1. The molecule has 1 aromatic carbocycles. The van der Waals surface area contributed by atoms with Gasteiger partial charge < -0.3 is 14.2 Å². The van der Waals surface area contributed by atoms with Crippen LogP contribution in [0.25, 0.3) is 11.1 Å². The zero-order valence-electron chi connectivity index (χ0n) is 16.9. The van der Waals surface area contributed by atoms with Gasteiger partial charge in [0.05, 0.1) is 0 Å². The number of carbonyl (C=O) groups is 1. The maximum Gasteiger partial charge on any atom is 0.287 e. The van der Waals surface area contributed by atoms with Gasteiger partial charge in [0.2, 0.25) is 0 Å². The van der Waals surface area contributed by atoms with Crippen LogP contribution in [0.5, 0.6) is 0 Å². The van der Waals surface area contributed by atoms with Gasteiger partial charge in [0.15, 0.2) is 22.3 Å². The Bertz CT molecular complexity index is 1220. The second-order valence-electron chi connectivity index (χ2n) is 8.59. The monoisotopic (exact) mass is 461 g/mol. The van der Waals surface area contributed by atoms with Gasteiger partial charge >= 0.3 is 0 Å². The lowest BCUT2D eigenvalue weighted by atomic mass is 9.86. The maximum absolute atomic E-state index is 12.6. The summed E-state index contributed by atoms with van der Waals surface area (Å²) in [6.45, 7) is 0. The molecular weight excluding hydrogens is 438 g/mol. The quantitative estimate of drug-likeness (QED) is 0.514. The highest BCUT2D eigenvalue weighted by atomic mass is 35.5. The van der Waals surface area contributed by atoms with Crippen LogP contribution in [0.2, 0.25) is 5.02 Å². The predicted octanol–water partition coefficient (Wildman–Crippen LogP) is 5.35. The molecule has 5 rings (SSSR count). The van der Waals surface area contributed by atoms with E-state index < -0.39 is 9.73 Å². The van der Waals surface area contributed by atoms with E-state index in [-0.39, 0.29) is 28.7 Å². The number of furan rings is 1. The summed E-state index contributed by atoms with van der Waals surface area (Å²) in [5.74, 6) is 1.38. The third-order valence-corrected chi connectivity index (χ3v) is 8.12. The van der Waals surface area contributed by atoms with Gasteiger partial charge in [0, 0.05) is 22.7 Å². The van der Waals surface area contributed by atoms with Crippen molar-refractivity contribution in [2.75, 3.05) is 5.75 Å². The maximum atomic E-state index is 12.6. The first-order valence-corrected chi connectivity index (χ1v) is 12.7. The van der Waals surface area contributed by atoms with Crippen LogP contribution < -0.4 is 5.32 Å². The van der Waals surface area contributed by atoms with Crippen molar-refractivity contribution in [1.29, 1.82) is 4.78 Å². The fraction of sp³-hybridized carbons (Fsp3) is 0.455. The molecule has 164 valence electrons. The zero-order valence-corrected chi connectivity index (χ0v) is 18.5. The van der Waals surface area contributed by atoms with Gasteiger partial charge in [-0.2, -0.15) is 0 Å². The van der Waals surface area contributed by atoms with Gasteiger partial charge in [-0.05, 0) is 74.8 Å². The fourth-order valence-electron chi connectivity index (χ4n) is 4.15. The molecule has 0 saturated heterocycles. The second kappa shape index (κ2) is 7.98. The topological polar surface area (TPSA) is 109 Å². The van der Waals surface area contributed by atoms with Crippen LogP contribution in [-0.4, -0.2) is 26.9 Å². The van der Waals surface area contributed by atoms with Crippen molar-refractivity contribution in [2.45, 2.75) is 55.6 Å². The standard InChI is InChI=1S/C22H24ClN3O4S/c23-15-5-8-18-17(11-15)26-22(30-18)14-3-6-16(7-4-14)25-21(27)19-9-10-20(29-19)31(24,28)12-13-1-2-13/h5,8-11,13-14,16,24H,1-4,6-7,12H2,(H,25,27)/t14?,16?,31-/m1/s1. The van der Waals surface area contributed by atoms with Crippen molar-refractivity contribution in [3.63, 3.8) is 0 Å². The van der Waals surface area contributed by atoms with Crippen LogP contribution in [-0.2, 0) is 9.73 Å². The highest BCUT2D eigenvalue weighted by Crippen LogP contribution is 2.35. The highest BCUT2D eigenvalue weighted by molar-refractivity contribution is 7.92. The number of fused-ring (bicyclic) bond motifs is 1. The Kier molecular flexibility index (Phi) is 5.30. The van der Waals surface area contributed by atoms with Gasteiger partial charge in [-0.25, -0.2) is 14.0 Å². The summed E-state index contributed by atoms with van der Waals surface area (Å²) in [6.07, 6.45) is 5.36. The first-order chi connectivity index (χ1) is 14.9. The molecule has 2 aromatic heterocycles. The molecule has 0 radical (unpaired) electrons. The molecule has 7 nitrogen and oxygen atoms in total. The molecule has 2 aliphatic rings. The summed E-state index contributed by atoms with van der Waals surface area (Å²) in [5, 5.41) is 3.74. The summed E-state index contributed by atoms with van der Waals surface area (Å²) in [4.78, 5) is 17.2. The Balaban J connectivity index is 1.18. The number of amides is 1. The molecule has 2 heterocycles. The molecule has 0 aliphatic heterocycles. The number of nitrogens with zero attached hydrogens (tertiary/aromatic N) is 1. The van der Waals surface area contributed by atoms with Crippen LogP contribution in [0.1, 0.15) is 60.9 Å². The molecule has 0 spiro atoms. The molecule has 3 aromatic rings. The number of rotatable bonds is 6. The Morgan fingerprint density at radius 2 is 1.90 bits per heavy atom. The van der Waals surface area contributed by atoms with E-state index in [9.17, 15) is 9.00 Å². The average Bonchev–Trinajstić information content (AvgIpc) is 3.24. The fourth-order valence-corrected chi connectivity index (χ4v) is 5.99. The molecule has 1 amide bonds. The summed E-state index contributed by atoms with van der Waals surface area (Å²) in [5.41, 5.74) is 1.50. The minimum Gasteiger partial charge on any atom is -0.441 e. The Hall–Kier alpha value is -2.32. The average molecular weight is 462 g/mol. The minimum absolute atomic E-state index is 0.0305. The van der Waals surface area contributed by atoms with Crippen molar-refractivity contribution in [3.8, 4) is 0 Å². The molecule has 2 saturated carbocycles. The van der Waals surface area contributed by atoms with E-state index in [4.69, 9.17) is 25.2 Å². The van der Waals surface area contributed by atoms with Gasteiger partial charge in [0.25, 0.3) is 5.91 Å². The lowest BCUT2D eigenvalue weighted by Gasteiger charge is -2.27. The van der Waals surface area contributed by atoms with E-state index in [1.54, 1.807) is 12.1 Å². The first-order valence-electron chi connectivity index (χ1n) is 10.6. The van der Waals surface area contributed by atoms with E-state index in [1.165, 1.54) is 12.1 Å². The largest absolute Gasteiger partial charge is 0.441 e. The van der Waals surface area contributed by atoms with Gasteiger partial charge in [0.1, 0.15) is 15.2 Å². The Morgan fingerprint density at radius 3 is 2.65 bits per heavy atom. The molecule has 31 heavy (non-hydrogen) atoms. The Labute approximate surface area is 185 Å². The minimum atomic E-state index is -2.97. The molecule has 2 N–H and O–H groups in total. The van der Waals surface area contributed by atoms with Crippen molar-refractivity contribution >= 4 is 38.3 Å². The molecular formula is C22H24ClN3O4S. The SMILES string of the molecule is N=[S@@](=O)(CC1CC1)c1ccc(C(=O)NC2CCC(c3nc4cc(Cl)ccc4o3)CC2)o1. The molecule has 0 unspecified atom stereocenters. The predicted molar refractivity (Wildman–Crippen MR) is 117 cm³/mol. The van der Waals surface area contributed by atoms with E-state index >= 15 is 0 Å². The van der Waals surface area contributed by atoms with Crippen LogP contribution in [0.4, 0.5) is 0 Å². The van der Waals surface area contributed by atoms with Crippen LogP contribution in [0.3, 0.4) is 0 Å². The van der Waals surface area contributed by atoms with Gasteiger partial charge in [-0.15, -0.1) is 0 Å². The van der Waals surface area contributed by atoms with Crippen molar-refractivity contribution in [1.82, 2.24) is 10.3 Å². The van der Waals surface area contributed by atoms with Gasteiger partial charge in [-0.3, -0.25) is 4.79 Å². The Morgan fingerprint density at radius 1 is 1.13 bits per heavy atom. The van der Waals surface area contributed by atoms with Crippen LogP contribution in [0.15, 0.2) is 44.3 Å². The van der Waals surface area contributed by atoms with E-state index in [2.05, 4.69) is 10.3 Å². The summed E-state index contributed by atoms with van der Waals surface area (Å²) < 4.78 is 32.0. The summed E-state index contributed by atoms with van der Waals surface area (Å²) in [7, 11) is -2.97. The number of carbonyl (C=O) groups excluding carboxylic acids is 1. The normalized spacial score (nSPS) is 23.5. The van der Waals surface area contributed by atoms with Crippen LogP contribution in [0, 0.1) is 10.7 Å². The number of aromatic nitrogens is 1. The van der Waals surface area contributed by atoms with Crippen molar-refractivity contribution < 1.29 is 17.8 Å². The van der Waals surface area contributed by atoms with E-state index in [0.717, 1.165) is 55.5 Å². The van der Waals surface area contributed by atoms with Crippen LogP contribution >= 0.6 is 11.6 Å². The number of hydrogen-bond acceptors (Lipinski definition) is 6. The zero-order chi connectivity index (χ0) is 21.6. The third kappa shape index (κ3) is 4.50. The number of hydrogen-bond donors (Lipinski definition) is 2. The number of halogens is 1. The third-order valence-electron chi connectivity index (χ3n) is 6.08. The van der Waals surface area contributed by atoms with E-state index in [1.807, 2.05) is 6.07 Å². The lowest BCUT2D eigenvalue weighted by Crippen LogP contribution is -2.37. The smallest absolute Gasteiger partial charge is 0.287 e. The van der Waals surface area contributed by atoms with Crippen molar-refractivity contribution in [2.24, 2.45) is 5.92 Å². The number of benzene rings is 1. The first kappa shape index (κ1) is 20.6. The van der Waals surface area contributed by atoms with Gasteiger partial charge in [-0.1, -0.05) is 11.6 Å². The molecule has 2 fully saturated rings. The lowest BCUT2D eigenvalue weighted by molar-refractivity contribution is 0.0891. The highest BCUT2D eigenvalue weighted by Gasteiger charge is 2.30. The summed E-state index contributed by atoms with van der Waals surface area (Å²) in [6, 6.07) is 8.47. The van der Waals surface area contributed by atoms with E-state index in [0.29, 0.717) is 16.7 Å². The molecule has 2 aliphatic carbocycles. The molecule has 9 heteroatoms.